The minimum atomic E-state index is -0.835. The van der Waals surface area contributed by atoms with Crippen molar-refractivity contribution >= 4 is 41.1 Å². The quantitative estimate of drug-likeness (QED) is 0.234. The van der Waals surface area contributed by atoms with E-state index in [0.29, 0.717) is 46.1 Å². The van der Waals surface area contributed by atoms with Crippen molar-refractivity contribution in [3.05, 3.63) is 86.7 Å². The van der Waals surface area contributed by atoms with Crippen molar-refractivity contribution in [2.75, 3.05) is 25.5 Å². The number of hydrogen-bond donors (Lipinski definition) is 1. The van der Waals surface area contributed by atoms with E-state index in [1.165, 1.54) is 0 Å². The Bertz CT molecular complexity index is 1680. The first kappa shape index (κ1) is 28.8. The molecule has 0 fully saturated rings. The molecule has 0 spiro atoms. The lowest BCUT2D eigenvalue weighted by molar-refractivity contribution is 0.101. The fraction of sp³-hybridized carbons (Fsp3) is 0.258. The topological polar surface area (TPSA) is 76.5 Å². The third-order valence-electron chi connectivity index (χ3n) is 7.43. The summed E-state index contributed by atoms with van der Waals surface area (Å²) in [7, 11) is 3.88. The smallest absolute Gasteiger partial charge is 0.291 e. The van der Waals surface area contributed by atoms with Gasteiger partial charge in [-0.1, -0.05) is 53.5 Å². The Morgan fingerprint density at radius 2 is 1.78 bits per heavy atom. The average molecular weight is 596 g/mol. The van der Waals surface area contributed by atoms with E-state index in [9.17, 15) is 9.59 Å². The van der Waals surface area contributed by atoms with Gasteiger partial charge in [0.15, 0.2) is 17.9 Å². The molecule has 3 aromatic carbocycles. The number of halogens is 3. The van der Waals surface area contributed by atoms with Crippen LogP contribution < -0.4 is 10.1 Å². The normalized spacial score (nSPS) is 13.1. The third kappa shape index (κ3) is 5.23. The van der Waals surface area contributed by atoms with Crippen LogP contribution in [0, 0.1) is 12.7 Å². The molecule has 0 atom stereocenters. The second-order valence-electron chi connectivity index (χ2n) is 9.99. The molecule has 0 radical (unpaired) electrons. The zero-order chi connectivity index (χ0) is 29.4. The molecule has 0 saturated carbocycles. The van der Waals surface area contributed by atoms with Crippen molar-refractivity contribution < 1.29 is 18.7 Å². The second-order valence-corrected chi connectivity index (χ2v) is 10.7. The standard InChI is InChI=1S/C31H29Cl2FN4O3/c1-5-41-26-14-21(28(33)29(34)22(26)16-39)19-9-6-8-18(17(19)2)20-10-7-11-23(27(20)32)36-31(40)30-35-24-15-37(3)13-12-25(24)38(30)4/h6-11,14,16H,5,12-13,15H2,1-4H3,(H,36,40). The number of likely N-dealkylation sites (N-methyl/N-ethyl adjacent to an activating group) is 1. The Labute approximate surface area is 247 Å². The number of benzene rings is 3. The molecule has 212 valence electrons. The number of nitrogens with one attached hydrogen (secondary N) is 1. The summed E-state index contributed by atoms with van der Waals surface area (Å²) in [5.74, 6) is -0.743. The van der Waals surface area contributed by atoms with Gasteiger partial charge in [-0.05, 0) is 49.7 Å². The summed E-state index contributed by atoms with van der Waals surface area (Å²) in [6.07, 6.45) is 1.23. The van der Waals surface area contributed by atoms with Crippen LogP contribution in [0.2, 0.25) is 10.0 Å². The average Bonchev–Trinajstić information content (AvgIpc) is 3.28. The lowest BCUT2D eigenvalue weighted by Crippen LogP contribution is -2.27. The van der Waals surface area contributed by atoms with Crippen LogP contribution in [0.25, 0.3) is 22.3 Å². The van der Waals surface area contributed by atoms with Crippen molar-refractivity contribution in [1.82, 2.24) is 14.5 Å². The molecular formula is C31H29Cl2FN4O3. The van der Waals surface area contributed by atoms with Crippen molar-refractivity contribution in [3.63, 3.8) is 0 Å². The maximum atomic E-state index is 15.1. The first-order chi connectivity index (χ1) is 19.7. The Balaban J connectivity index is 1.52. The first-order valence-electron chi connectivity index (χ1n) is 13.2. The molecule has 0 aliphatic carbocycles. The SMILES string of the molecule is CCOc1cc(-c2cccc(-c3cccc(NC(=O)c4nc5c(n4C)CCN(C)C5)c3Cl)c2C)c(Cl)c(F)c1C=O. The molecule has 7 nitrogen and oxygen atoms in total. The van der Waals surface area contributed by atoms with E-state index >= 15 is 4.39 Å². The van der Waals surface area contributed by atoms with Gasteiger partial charge in [0.2, 0.25) is 0 Å². The van der Waals surface area contributed by atoms with Gasteiger partial charge in [-0.2, -0.15) is 0 Å². The monoisotopic (exact) mass is 594 g/mol. The van der Waals surface area contributed by atoms with Crippen LogP contribution in [0.1, 0.15) is 44.9 Å². The number of hydrogen-bond acceptors (Lipinski definition) is 5. The molecule has 10 heteroatoms. The number of rotatable bonds is 7. The van der Waals surface area contributed by atoms with Crippen LogP contribution in [0.15, 0.2) is 42.5 Å². The second kappa shape index (κ2) is 11.6. The van der Waals surface area contributed by atoms with Gasteiger partial charge in [-0.3, -0.25) is 9.59 Å². The molecule has 1 aromatic heterocycles. The predicted molar refractivity (Wildman–Crippen MR) is 160 cm³/mol. The predicted octanol–water partition coefficient (Wildman–Crippen LogP) is 6.96. The summed E-state index contributed by atoms with van der Waals surface area (Å²) in [6.45, 7) is 5.49. The molecule has 0 unspecified atom stereocenters. The summed E-state index contributed by atoms with van der Waals surface area (Å²) in [4.78, 5) is 31.6. The first-order valence-corrected chi connectivity index (χ1v) is 13.9. The van der Waals surface area contributed by atoms with Gasteiger partial charge >= 0.3 is 0 Å². The zero-order valence-electron chi connectivity index (χ0n) is 23.1. The number of imidazole rings is 1. The largest absolute Gasteiger partial charge is 0.493 e. The van der Waals surface area contributed by atoms with Crippen LogP contribution in [0.5, 0.6) is 5.75 Å². The minimum absolute atomic E-state index is 0.120. The highest BCUT2D eigenvalue weighted by molar-refractivity contribution is 6.37. The number of carbonyl (C=O) groups is 2. The van der Waals surface area contributed by atoms with Gasteiger partial charge < -0.3 is 19.5 Å². The zero-order valence-corrected chi connectivity index (χ0v) is 24.7. The lowest BCUT2D eigenvalue weighted by atomic mass is 9.91. The summed E-state index contributed by atoms with van der Waals surface area (Å²) < 4.78 is 22.4. The van der Waals surface area contributed by atoms with E-state index in [2.05, 4.69) is 15.2 Å². The number of ether oxygens (including phenoxy) is 1. The molecule has 5 rings (SSSR count). The third-order valence-corrected chi connectivity index (χ3v) is 8.21. The fourth-order valence-corrected chi connectivity index (χ4v) is 5.83. The number of nitrogens with zero attached hydrogens (tertiary/aromatic N) is 3. The molecular weight excluding hydrogens is 566 g/mol. The van der Waals surface area contributed by atoms with Gasteiger partial charge in [-0.15, -0.1) is 0 Å². The van der Waals surface area contributed by atoms with Gasteiger partial charge in [-0.25, -0.2) is 9.37 Å². The van der Waals surface area contributed by atoms with E-state index in [1.807, 2.05) is 49.9 Å². The minimum Gasteiger partial charge on any atom is -0.493 e. The molecule has 1 N–H and O–H groups in total. The van der Waals surface area contributed by atoms with E-state index in [4.69, 9.17) is 27.9 Å². The Hall–Kier alpha value is -3.72. The lowest BCUT2D eigenvalue weighted by Gasteiger charge is -2.21. The van der Waals surface area contributed by atoms with Gasteiger partial charge in [0.1, 0.15) is 5.75 Å². The molecule has 0 saturated heterocycles. The molecule has 0 bridgehead atoms. The summed E-state index contributed by atoms with van der Waals surface area (Å²) >= 11 is 13.3. The molecule has 41 heavy (non-hydrogen) atoms. The number of aldehydes is 1. The maximum Gasteiger partial charge on any atom is 0.291 e. The van der Waals surface area contributed by atoms with Crippen molar-refractivity contribution in [3.8, 4) is 28.0 Å². The molecule has 2 heterocycles. The number of fused-ring (bicyclic) bond motifs is 1. The highest BCUT2D eigenvalue weighted by atomic mass is 35.5. The van der Waals surface area contributed by atoms with E-state index < -0.39 is 5.82 Å². The van der Waals surface area contributed by atoms with Crippen LogP contribution in [0.4, 0.5) is 10.1 Å². The van der Waals surface area contributed by atoms with Crippen LogP contribution in [-0.2, 0) is 20.0 Å². The molecule has 1 aliphatic heterocycles. The number of aromatic nitrogens is 2. The maximum absolute atomic E-state index is 15.1. The van der Waals surface area contributed by atoms with Crippen molar-refractivity contribution in [2.45, 2.75) is 26.8 Å². The molecule has 1 amide bonds. The van der Waals surface area contributed by atoms with Gasteiger partial charge in [0.05, 0.1) is 33.6 Å². The van der Waals surface area contributed by atoms with Crippen molar-refractivity contribution in [1.29, 1.82) is 0 Å². The summed E-state index contributed by atoms with van der Waals surface area (Å²) in [5.41, 5.74) is 5.45. The Morgan fingerprint density at radius 3 is 2.49 bits per heavy atom. The highest BCUT2D eigenvalue weighted by Gasteiger charge is 2.25. The Kier molecular flexibility index (Phi) is 8.18. The Morgan fingerprint density at radius 1 is 1.10 bits per heavy atom. The summed E-state index contributed by atoms with van der Waals surface area (Å²) in [6, 6.07) is 12.5. The van der Waals surface area contributed by atoms with Gasteiger partial charge in [0, 0.05) is 43.4 Å². The van der Waals surface area contributed by atoms with Crippen LogP contribution >= 0.6 is 23.2 Å². The summed E-state index contributed by atoms with van der Waals surface area (Å²) in [5, 5.41) is 3.10. The number of carbonyl (C=O) groups excluding carboxylic acids is 2. The fourth-order valence-electron chi connectivity index (χ4n) is 5.29. The molecule has 1 aliphatic rings. The van der Waals surface area contributed by atoms with E-state index in [1.54, 1.807) is 25.1 Å². The number of anilines is 1. The van der Waals surface area contributed by atoms with Crippen molar-refractivity contribution in [2.24, 2.45) is 7.05 Å². The highest BCUT2D eigenvalue weighted by Crippen LogP contribution is 2.42. The number of amides is 1. The van der Waals surface area contributed by atoms with Gasteiger partial charge in [0.25, 0.3) is 5.91 Å². The van der Waals surface area contributed by atoms with Crippen LogP contribution in [0.3, 0.4) is 0 Å². The van der Waals surface area contributed by atoms with Crippen LogP contribution in [-0.4, -0.2) is 46.8 Å². The molecule has 4 aromatic rings. The van der Waals surface area contributed by atoms with E-state index in [0.717, 1.165) is 35.5 Å². The van der Waals surface area contributed by atoms with E-state index in [-0.39, 0.29) is 28.8 Å².